The third-order valence-corrected chi connectivity index (χ3v) is 5.79. The molecule has 0 unspecified atom stereocenters. The van der Waals surface area contributed by atoms with Gasteiger partial charge in [0.25, 0.3) is 0 Å². The Kier molecular flexibility index (Phi) is 4.82. The average Bonchev–Trinajstić information content (AvgIpc) is 3.13. The molecule has 0 radical (unpaired) electrons. The van der Waals surface area contributed by atoms with E-state index in [-0.39, 0.29) is 5.41 Å². The molecule has 0 bridgehead atoms. The van der Waals surface area contributed by atoms with Gasteiger partial charge in [-0.3, -0.25) is 0 Å². The summed E-state index contributed by atoms with van der Waals surface area (Å²) in [4.78, 5) is 5.88. The summed E-state index contributed by atoms with van der Waals surface area (Å²) >= 11 is 1.82. The van der Waals surface area contributed by atoms with Crippen molar-refractivity contribution in [2.75, 3.05) is 6.54 Å². The number of thiazole rings is 1. The third kappa shape index (κ3) is 3.80. The second kappa shape index (κ2) is 6.69. The SMILES string of the molecule is CCc1nnc2n1C[C@H](CNCc1cnc(C(C)(C)C)s1)CC2. The molecule has 0 spiro atoms. The molecule has 0 aliphatic carbocycles. The molecule has 0 saturated heterocycles. The van der Waals surface area contributed by atoms with E-state index < -0.39 is 0 Å². The third-order valence-electron chi connectivity index (χ3n) is 4.36. The standard InChI is InChI=1S/C17H27N5S/c1-5-14-20-21-15-7-6-12(11-22(14)15)8-18-9-13-10-19-16(23-13)17(2,3)4/h10,12,18H,5-9,11H2,1-4H3/t12-/m0/s1. The van der Waals surface area contributed by atoms with Gasteiger partial charge in [0.1, 0.15) is 11.6 Å². The largest absolute Gasteiger partial charge is 0.315 e. The molecule has 6 heteroatoms. The second-order valence-electron chi connectivity index (χ2n) is 7.41. The quantitative estimate of drug-likeness (QED) is 0.914. The van der Waals surface area contributed by atoms with Gasteiger partial charge < -0.3 is 9.88 Å². The molecule has 3 heterocycles. The zero-order chi connectivity index (χ0) is 16.4. The number of aryl methyl sites for hydroxylation is 2. The Morgan fingerprint density at radius 3 is 2.87 bits per heavy atom. The molecule has 2 aromatic heterocycles. The molecule has 0 amide bonds. The fourth-order valence-corrected chi connectivity index (χ4v) is 3.95. The summed E-state index contributed by atoms with van der Waals surface area (Å²) < 4.78 is 2.32. The lowest BCUT2D eigenvalue weighted by Crippen LogP contribution is -2.30. The fourth-order valence-electron chi connectivity index (χ4n) is 3.01. The first-order chi connectivity index (χ1) is 11.0. The summed E-state index contributed by atoms with van der Waals surface area (Å²) in [6.45, 7) is 11.8. The summed E-state index contributed by atoms with van der Waals surface area (Å²) in [7, 11) is 0. The molecule has 1 aliphatic heterocycles. The summed E-state index contributed by atoms with van der Waals surface area (Å²) in [6, 6.07) is 0. The maximum atomic E-state index is 4.56. The van der Waals surface area contributed by atoms with Crippen LogP contribution in [0.5, 0.6) is 0 Å². The number of aromatic nitrogens is 4. The van der Waals surface area contributed by atoms with Gasteiger partial charge in [-0.15, -0.1) is 21.5 Å². The fraction of sp³-hybridized carbons (Fsp3) is 0.706. The van der Waals surface area contributed by atoms with E-state index in [1.807, 2.05) is 17.5 Å². The number of nitrogens with zero attached hydrogens (tertiary/aromatic N) is 4. The Hall–Kier alpha value is -1.27. The molecule has 5 nitrogen and oxygen atoms in total. The molecule has 1 aliphatic rings. The smallest absolute Gasteiger partial charge is 0.133 e. The summed E-state index contributed by atoms with van der Waals surface area (Å²) in [6.07, 6.45) is 5.23. The molecule has 126 valence electrons. The Labute approximate surface area is 142 Å². The highest BCUT2D eigenvalue weighted by atomic mass is 32.1. The molecule has 0 fully saturated rings. The van der Waals surface area contributed by atoms with Crippen LogP contribution in [0, 0.1) is 5.92 Å². The van der Waals surface area contributed by atoms with Crippen molar-refractivity contribution in [2.24, 2.45) is 5.92 Å². The average molecular weight is 334 g/mol. The molecule has 3 rings (SSSR count). The highest BCUT2D eigenvalue weighted by Crippen LogP contribution is 2.26. The molecule has 0 saturated carbocycles. The van der Waals surface area contributed by atoms with E-state index in [4.69, 9.17) is 0 Å². The molecular formula is C17H27N5S. The van der Waals surface area contributed by atoms with Crippen LogP contribution in [-0.2, 0) is 31.3 Å². The number of hydrogen-bond acceptors (Lipinski definition) is 5. The van der Waals surface area contributed by atoms with Gasteiger partial charge in [0.05, 0.1) is 5.01 Å². The van der Waals surface area contributed by atoms with E-state index in [1.54, 1.807) is 0 Å². The number of nitrogens with one attached hydrogen (secondary N) is 1. The van der Waals surface area contributed by atoms with Gasteiger partial charge in [0.15, 0.2) is 0 Å². The molecular weight excluding hydrogens is 306 g/mol. The molecule has 1 N–H and O–H groups in total. The highest BCUT2D eigenvalue weighted by molar-refractivity contribution is 7.11. The Bertz CT molecular complexity index is 639. The van der Waals surface area contributed by atoms with Crippen LogP contribution in [0.3, 0.4) is 0 Å². The van der Waals surface area contributed by atoms with Crippen LogP contribution < -0.4 is 5.32 Å². The minimum Gasteiger partial charge on any atom is -0.315 e. The normalized spacial score (nSPS) is 18.2. The van der Waals surface area contributed by atoms with E-state index in [1.165, 1.54) is 16.3 Å². The lowest BCUT2D eigenvalue weighted by Gasteiger charge is -2.24. The summed E-state index contributed by atoms with van der Waals surface area (Å²) in [5.41, 5.74) is 0.146. The van der Waals surface area contributed by atoms with Crippen molar-refractivity contribution < 1.29 is 0 Å². The van der Waals surface area contributed by atoms with Crippen molar-refractivity contribution in [1.82, 2.24) is 25.1 Å². The van der Waals surface area contributed by atoms with Crippen LogP contribution in [0.2, 0.25) is 0 Å². The lowest BCUT2D eigenvalue weighted by atomic mass is 9.98. The van der Waals surface area contributed by atoms with Crippen LogP contribution in [0.1, 0.15) is 55.6 Å². The van der Waals surface area contributed by atoms with Crippen molar-refractivity contribution in [2.45, 2.75) is 65.5 Å². The van der Waals surface area contributed by atoms with Crippen molar-refractivity contribution >= 4 is 11.3 Å². The van der Waals surface area contributed by atoms with Crippen LogP contribution >= 0.6 is 11.3 Å². The van der Waals surface area contributed by atoms with Gasteiger partial charge in [-0.2, -0.15) is 0 Å². The second-order valence-corrected chi connectivity index (χ2v) is 8.53. The predicted molar refractivity (Wildman–Crippen MR) is 93.7 cm³/mol. The van der Waals surface area contributed by atoms with E-state index >= 15 is 0 Å². The Balaban J connectivity index is 1.51. The molecule has 23 heavy (non-hydrogen) atoms. The first-order valence-corrected chi connectivity index (χ1v) is 9.36. The number of hydrogen-bond donors (Lipinski definition) is 1. The maximum Gasteiger partial charge on any atom is 0.133 e. The molecule has 0 aromatic carbocycles. The minimum absolute atomic E-state index is 0.146. The zero-order valence-corrected chi connectivity index (χ0v) is 15.4. The Morgan fingerprint density at radius 2 is 2.17 bits per heavy atom. The van der Waals surface area contributed by atoms with Crippen LogP contribution in [-0.4, -0.2) is 26.3 Å². The number of rotatable bonds is 5. The van der Waals surface area contributed by atoms with Crippen LogP contribution in [0.25, 0.3) is 0 Å². The predicted octanol–water partition coefficient (Wildman–Crippen LogP) is 2.95. The van der Waals surface area contributed by atoms with E-state index in [0.717, 1.165) is 44.1 Å². The van der Waals surface area contributed by atoms with Gasteiger partial charge in [-0.25, -0.2) is 4.98 Å². The van der Waals surface area contributed by atoms with Gasteiger partial charge >= 0.3 is 0 Å². The number of fused-ring (bicyclic) bond motifs is 1. The Morgan fingerprint density at radius 1 is 1.35 bits per heavy atom. The van der Waals surface area contributed by atoms with Gasteiger partial charge in [0.2, 0.25) is 0 Å². The van der Waals surface area contributed by atoms with Crippen LogP contribution in [0.4, 0.5) is 0 Å². The van der Waals surface area contributed by atoms with Crippen molar-refractivity contribution in [3.63, 3.8) is 0 Å². The van der Waals surface area contributed by atoms with E-state index in [9.17, 15) is 0 Å². The minimum atomic E-state index is 0.146. The zero-order valence-electron chi connectivity index (χ0n) is 14.6. The first-order valence-electron chi connectivity index (χ1n) is 8.54. The summed E-state index contributed by atoms with van der Waals surface area (Å²) in [5.74, 6) is 2.95. The topological polar surface area (TPSA) is 55.6 Å². The van der Waals surface area contributed by atoms with Crippen LogP contribution in [0.15, 0.2) is 6.20 Å². The monoisotopic (exact) mass is 333 g/mol. The van der Waals surface area contributed by atoms with E-state index in [0.29, 0.717) is 5.92 Å². The van der Waals surface area contributed by atoms with Gasteiger partial charge in [-0.1, -0.05) is 27.7 Å². The lowest BCUT2D eigenvalue weighted by molar-refractivity contribution is 0.343. The van der Waals surface area contributed by atoms with E-state index in [2.05, 4.69) is 52.8 Å². The van der Waals surface area contributed by atoms with Crippen molar-refractivity contribution in [3.05, 3.63) is 27.7 Å². The van der Waals surface area contributed by atoms with Crippen molar-refractivity contribution in [3.8, 4) is 0 Å². The van der Waals surface area contributed by atoms with Gasteiger partial charge in [0, 0.05) is 49.0 Å². The highest BCUT2D eigenvalue weighted by Gasteiger charge is 2.22. The van der Waals surface area contributed by atoms with Crippen molar-refractivity contribution in [1.29, 1.82) is 0 Å². The molecule has 1 atom stereocenters. The summed E-state index contributed by atoms with van der Waals surface area (Å²) in [5, 5.41) is 13.4. The van der Waals surface area contributed by atoms with Gasteiger partial charge in [-0.05, 0) is 12.3 Å². The first kappa shape index (κ1) is 16.6. The maximum absolute atomic E-state index is 4.56. The molecule has 2 aromatic rings.